The molecule has 2 aromatic rings. The van der Waals surface area contributed by atoms with Crippen LogP contribution in [-0.4, -0.2) is 12.5 Å². The summed E-state index contributed by atoms with van der Waals surface area (Å²) >= 11 is 6.04. The standard InChI is InChI=1S/C15H13ClN2O2/c16-11-6-7-13-12(8-11)15(10-4-2-1-3-5-10)18(20)9-14(19)17-13/h1-8,15,18H,9H2,(H,17,19). The summed E-state index contributed by atoms with van der Waals surface area (Å²) in [6.45, 7) is -0.119. The average Bonchev–Trinajstić information content (AvgIpc) is 2.54. The Bertz CT molecular complexity index is 646. The minimum atomic E-state index is -0.455. The summed E-state index contributed by atoms with van der Waals surface area (Å²) in [5, 5.41) is 15.6. The van der Waals surface area contributed by atoms with Crippen molar-refractivity contribution in [2.45, 2.75) is 6.04 Å². The number of amides is 1. The fourth-order valence-corrected chi connectivity index (χ4v) is 2.71. The van der Waals surface area contributed by atoms with E-state index >= 15 is 0 Å². The molecule has 0 aromatic heterocycles. The van der Waals surface area contributed by atoms with Crippen LogP contribution >= 0.6 is 11.6 Å². The van der Waals surface area contributed by atoms with E-state index < -0.39 is 6.04 Å². The van der Waals surface area contributed by atoms with Crippen molar-refractivity contribution in [2.75, 3.05) is 11.9 Å². The van der Waals surface area contributed by atoms with Gasteiger partial charge in [-0.15, -0.1) is 0 Å². The lowest BCUT2D eigenvalue weighted by Gasteiger charge is -2.29. The highest BCUT2D eigenvalue weighted by Crippen LogP contribution is 2.30. The molecule has 0 bridgehead atoms. The topological polar surface area (TPSA) is 56.6 Å². The zero-order valence-electron chi connectivity index (χ0n) is 10.6. The molecular weight excluding hydrogens is 276 g/mol. The third-order valence-electron chi connectivity index (χ3n) is 3.39. The van der Waals surface area contributed by atoms with Gasteiger partial charge in [0.05, 0.1) is 5.69 Å². The second-order valence-electron chi connectivity index (χ2n) is 4.77. The first-order valence-corrected chi connectivity index (χ1v) is 6.70. The molecule has 5 heteroatoms. The molecule has 2 unspecified atom stereocenters. The largest absolute Gasteiger partial charge is 0.633 e. The molecule has 0 aliphatic carbocycles. The monoisotopic (exact) mass is 288 g/mol. The van der Waals surface area contributed by atoms with Gasteiger partial charge in [-0.05, 0) is 18.2 Å². The molecule has 0 saturated heterocycles. The molecule has 0 radical (unpaired) electrons. The third-order valence-corrected chi connectivity index (χ3v) is 3.62. The number of benzene rings is 2. The Kier molecular flexibility index (Phi) is 3.44. The number of rotatable bonds is 1. The maximum Gasteiger partial charge on any atom is 0.279 e. The molecule has 1 aliphatic heterocycles. The van der Waals surface area contributed by atoms with Crippen molar-refractivity contribution in [1.29, 1.82) is 0 Å². The van der Waals surface area contributed by atoms with Crippen molar-refractivity contribution < 1.29 is 9.86 Å². The van der Waals surface area contributed by atoms with Crippen LogP contribution in [0.5, 0.6) is 0 Å². The van der Waals surface area contributed by atoms with Gasteiger partial charge in [0.2, 0.25) is 0 Å². The zero-order chi connectivity index (χ0) is 14.1. The second kappa shape index (κ2) is 5.25. The number of anilines is 1. The number of carbonyl (C=O) groups excluding carboxylic acids is 1. The fourth-order valence-electron chi connectivity index (χ4n) is 2.53. The Morgan fingerprint density at radius 2 is 1.95 bits per heavy atom. The Morgan fingerprint density at radius 1 is 1.20 bits per heavy atom. The first kappa shape index (κ1) is 13.1. The molecule has 2 atom stereocenters. The van der Waals surface area contributed by atoms with E-state index in [-0.39, 0.29) is 17.5 Å². The lowest BCUT2D eigenvalue weighted by Crippen LogP contribution is -3.08. The lowest BCUT2D eigenvalue weighted by atomic mass is 9.97. The third kappa shape index (κ3) is 2.41. The predicted octanol–water partition coefficient (Wildman–Crippen LogP) is 1.76. The van der Waals surface area contributed by atoms with E-state index in [0.29, 0.717) is 10.7 Å². The van der Waals surface area contributed by atoms with Crippen LogP contribution in [0.3, 0.4) is 0 Å². The first-order chi connectivity index (χ1) is 9.65. The number of quaternary nitrogens is 1. The van der Waals surface area contributed by atoms with Gasteiger partial charge in [0.25, 0.3) is 5.91 Å². The minimum Gasteiger partial charge on any atom is -0.633 e. The van der Waals surface area contributed by atoms with Crippen molar-refractivity contribution in [3.63, 3.8) is 0 Å². The molecule has 1 aliphatic rings. The summed E-state index contributed by atoms with van der Waals surface area (Å²) < 4.78 is 0. The van der Waals surface area contributed by atoms with Crippen LogP contribution in [0.4, 0.5) is 5.69 Å². The molecule has 2 aromatic carbocycles. The Morgan fingerprint density at radius 3 is 2.70 bits per heavy atom. The van der Waals surface area contributed by atoms with E-state index in [1.54, 1.807) is 18.2 Å². The number of carbonyl (C=O) groups is 1. The smallest absolute Gasteiger partial charge is 0.279 e. The summed E-state index contributed by atoms with van der Waals surface area (Å²) in [4.78, 5) is 11.8. The van der Waals surface area contributed by atoms with E-state index in [2.05, 4.69) is 5.32 Å². The summed E-state index contributed by atoms with van der Waals surface area (Å²) in [5.74, 6) is -0.281. The van der Waals surface area contributed by atoms with Crippen LogP contribution in [0.25, 0.3) is 0 Å². The van der Waals surface area contributed by atoms with E-state index in [9.17, 15) is 10.0 Å². The van der Waals surface area contributed by atoms with Crippen LogP contribution < -0.4 is 10.4 Å². The average molecular weight is 289 g/mol. The van der Waals surface area contributed by atoms with Crippen molar-refractivity contribution in [3.05, 3.63) is 69.9 Å². The highest BCUT2D eigenvalue weighted by Gasteiger charge is 2.29. The van der Waals surface area contributed by atoms with Crippen molar-refractivity contribution in [1.82, 2.24) is 0 Å². The molecule has 1 heterocycles. The fraction of sp³-hybridized carbons (Fsp3) is 0.133. The van der Waals surface area contributed by atoms with Crippen LogP contribution in [0.2, 0.25) is 5.02 Å². The van der Waals surface area contributed by atoms with Gasteiger partial charge < -0.3 is 15.6 Å². The molecule has 1 amide bonds. The highest BCUT2D eigenvalue weighted by atomic mass is 35.5. The van der Waals surface area contributed by atoms with Gasteiger partial charge in [0.1, 0.15) is 6.04 Å². The van der Waals surface area contributed by atoms with Crippen LogP contribution in [-0.2, 0) is 4.79 Å². The minimum absolute atomic E-state index is 0.116. The van der Waals surface area contributed by atoms with Gasteiger partial charge in [-0.2, -0.15) is 0 Å². The van der Waals surface area contributed by atoms with Crippen molar-refractivity contribution in [3.8, 4) is 0 Å². The van der Waals surface area contributed by atoms with E-state index in [0.717, 1.165) is 11.1 Å². The molecule has 4 nitrogen and oxygen atoms in total. The number of halogens is 1. The molecule has 3 rings (SSSR count). The van der Waals surface area contributed by atoms with Crippen molar-refractivity contribution in [2.24, 2.45) is 0 Å². The predicted molar refractivity (Wildman–Crippen MR) is 77.6 cm³/mol. The van der Waals surface area contributed by atoms with Gasteiger partial charge >= 0.3 is 0 Å². The molecule has 102 valence electrons. The van der Waals surface area contributed by atoms with Crippen molar-refractivity contribution >= 4 is 23.2 Å². The summed E-state index contributed by atoms with van der Waals surface area (Å²) in [5.41, 5.74) is 2.27. The molecule has 0 fully saturated rings. The molecule has 2 N–H and O–H groups in total. The maximum atomic E-state index is 12.4. The quantitative estimate of drug-likeness (QED) is 0.786. The van der Waals surface area contributed by atoms with Crippen LogP contribution in [0, 0.1) is 5.21 Å². The Balaban J connectivity index is 2.17. The SMILES string of the molecule is O=C1C[NH+]([O-])C(c2ccccc2)c2cc(Cl)ccc2N1. The normalized spacial score (nSPS) is 21.8. The summed E-state index contributed by atoms with van der Waals surface area (Å²) in [6.07, 6.45) is 0. The number of hydrogen-bond acceptors (Lipinski definition) is 2. The first-order valence-electron chi connectivity index (χ1n) is 6.32. The molecule has 20 heavy (non-hydrogen) atoms. The molecular formula is C15H13ClN2O2. The Labute approximate surface area is 121 Å². The zero-order valence-corrected chi connectivity index (χ0v) is 11.4. The summed E-state index contributed by atoms with van der Waals surface area (Å²) in [7, 11) is 0. The van der Waals surface area contributed by atoms with Crippen LogP contribution in [0.15, 0.2) is 48.5 Å². The van der Waals surface area contributed by atoms with Crippen LogP contribution in [0.1, 0.15) is 17.2 Å². The number of nitrogens with one attached hydrogen (secondary N) is 2. The van der Waals surface area contributed by atoms with E-state index in [1.807, 2.05) is 30.3 Å². The second-order valence-corrected chi connectivity index (χ2v) is 5.20. The van der Waals surface area contributed by atoms with Gasteiger partial charge in [-0.1, -0.05) is 41.9 Å². The highest BCUT2D eigenvalue weighted by molar-refractivity contribution is 6.30. The molecule has 0 spiro atoms. The van der Waals surface area contributed by atoms with Gasteiger partial charge in [-0.25, -0.2) is 0 Å². The molecule has 0 saturated carbocycles. The number of hydroxylamine groups is 2. The van der Waals surface area contributed by atoms with E-state index in [4.69, 9.17) is 11.6 Å². The lowest BCUT2D eigenvalue weighted by molar-refractivity contribution is -0.866. The maximum absolute atomic E-state index is 12.4. The number of hydrogen-bond donors (Lipinski definition) is 2. The van der Waals surface area contributed by atoms with Gasteiger partial charge in [-0.3, -0.25) is 4.79 Å². The number of fused-ring (bicyclic) bond motifs is 1. The Hall–Kier alpha value is -1.88. The summed E-state index contributed by atoms with van der Waals surface area (Å²) in [6, 6.07) is 14.2. The van der Waals surface area contributed by atoms with Gasteiger partial charge in [0.15, 0.2) is 6.54 Å². The van der Waals surface area contributed by atoms with E-state index in [1.165, 1.54) is 0 Å². The van der Waals surface area contributed by atoms with Gasteiger partial charge in [0, 0.05) is 16.1 Å².